The number of aliphatic hydroxyl groups is 1. The number of aromatic nitrogens is 2. The third-order valence-electron chi connectivity index (χ3n) is 4.35. The summed E-state index contributed by atoms with van der Waals surface area (Å²) in [6.07, 6.45) is 3.64. The number of likely N-dealkylation sites (tertiary alicyclic amines) is 1. The fourth-order valence-electron chi connectivity index (χ4n) is 3.01. The van der Waals surface area contributed by atoms with E-state index in [0.717, 1.165) is 6.42 Å². The molecule has 0 aliphatic carbocycles. The minimum Gasteiger partial charge on any atom is -0.388 e. The van der Waals surface area contributed by atoms with Gasteiger partial charge in [0.15, 0.2) is 0 Å². The Morgan fingerprint density at radius 3 is 3.14 bits per heavy atom. The third-order valence-corrected chi connectivity index (χ3v) is 4.35. The molecule has 1 aliphatic rings. The van der Waals surface area contributed by atoms with Crippen LogP contribution in [0.2, 0.25) is 0 Å². The lowest BCUT2D eigenvalue weighted by Gasteiger charge is -2.38. The van der Waals surface area contributed by atoms with E-state index >= 15 is 0 Å². The number of hydrogen-bond donors (Lipinski definition) is 2. The van der Waals surface area contributed by atoms with Crippen LogP contribution in [-0.2, 0) is 0 Å². The Morgan fingerprint density at radius 2 is 2.36 bits per heavy atom. The second-order valence-corrected chi connectivity index (χ2v) is 5.85. The van der Waals surface area contributed by atoms with E-state index in [1.165, 1.54) is 6.07 Å². The Morgan fingerprint density at radius 1 is 1.55 bits per heavy atom. The zero-order chi connectivity index (χ0) is 15.7. The van der Waals surface area contributed by atoms with Crippen molar-refractivity contribution in [2.24, 2.45) is 0 Å². The fraction of sp³-hybridized carbons (Fsp3) is 0.438. The highest BCUT2D eigenvalue weighted by Crippen LogP contribution is 2.26. The smallest absolute Gasteiger partial charge is 0.254 e. The summed E-state index contributed by atoms with van der Waals surface area (Å²) < 4.78 is 0. The molecule has 6 nitrogen and oxygen atoms in total. The Kier molecular flexibility index (Phi) is 3.70. The SMILES string of the molecule is CCC1(O)CCCN(C(=O)c2cc(=O)[nH]c3ncccc23)C1. The van der Waals surface area contributed by atoms with Crippen molar-refractivity contribution < 1.29 is 9.90 Å². The zero-order valence-electron chi connectivity index (χ0n) is 12.5. The van der Waals surface area contributed by atoms with Gasteiger partial charge in [0.1, 0.15) is 5.65 Å². The Hall–Kier alpha value is -2.21. The lowest BCUT2D eigenvalue weighted by atomic mass is 9.90. The van der Waals surface area contributed by atoms with Gasteiger partial charge in [-0.3, -0.25) is 9.59 Å². The van der Waals surface area contributed by atoms with Gasteiger partial charge >= 0.3 is 0 Å². The van der Waals surface area contributed by atoms with Crippen LogP contribution in [0.15, 0.2) is 29.2 Å². The summed E-state index contributed by atoms with van der Waals surface area (Å²) in [6, 6.07) is 4.81. The van der Waals surface area contributed by atoms with Crippen LogP contribution < -0.4 is 5.56 Å². The van der Waals surface area contributed by atoms with Gasteiger partial charge in [-0.2, -0.15) is 0 Å². The molecule has 1 atom stereocenters. The van der Waals surface area contributed by atoms with Crippen molar-refractivity contribution in [2.75, 3.05) is 13.1 Å². The minimum atomic E-state index is -0.830. The molecule has 2 N–H and O–H groups in total. The van der Waals surface area contributed by atoms with E-state index in [2.05, 4.69) is 9.97 Å². The molecule has 0 radical (unpaired) electrons. The Labute approximate surface area is 127 Å². The maximum absolute atomic E-state index is 12.8. The number of nitrogens with zero attached hydrogens (tertiary/aromatic N) is 2. The number of carbonyl (C=O) groups excluding carboxylic acids is 1. The molecule has 0 aromatic carbocycles. The van der Waals surface area contributed by atoms with Gasteiger partial charge in [0.25, 0.3) is 5.91 Å². The predicted octanol–water partition coefficient (Wildman–Crippen LogP) is 1.30. The molecular formula is C16H19N3O3. The molecule has 116 valence electrons. The van der Waals surface area contributed by atoms with E-state index in [4.69, 9.17) is 0 Å². The third kappa shape index (κ3) is 2.62. The van der Waals surface area contributed by atoms with Crippen LogP contribution in [0.5, 0.6) is 0 Å². The second kappa shape index (κ2) is 5.53. The number of carbonyl (C=O) groups is 1. The molecule has 3 rings (SSSR count). The van der Waals surface area contributed by atoms with Gasteiger partial charge in [-0.05, 0) is 31.4 Å². The first-order chi connectivity index (χ1) is 10.5. The number of rotatable bonds is 2. The highest BCUT2D eigenvalue weighted by Gasteiger charge is 2.34. The largest absolute Gasteiger partial charge is 0.388 e. The average molecular weight is 301 g/mol. The van der Waals surface area contributed by atoms with Crippen molar-refractivity contribution in [3.63, 3.8) is 0 Å². The van der Waals surface area contributed by atoms with E-state index in [1.807, 2.05) is 6.92 Å². The van der Waals surface area contributed by atoms with Crippen LogP contribution in [0.25, 0.3) is 11.0 Å². The van der Waals surface area contributed by atoms with Crippen molar-refractivity contribution in [2.45, 2.75) is 31.8 Å². The van der Waals surface area contributed by atoms with Crippen molar-refractivity contribution in [1.82, 2.24) is 14.9 Å². The summed E-state index contributed by atoms with van der Waals surface area (Å²) in [4.78, 5) is 32.9. The topological polar surface area (TPSA) is 86.3 Å². The predicted molar refractivity (Wildman–Crippen MR) is 82.7 cm³/mol. The van der Waals surface area contributed by atoms with Crippen LogP contribution in [0.3, 0.4) is 0 Å². The molecule has 2 aromatic heterocycles. The van der Waals surface area contributed by atoms with Gasteiger partial charge in [-0.25, -0.2) is 4.98 Å². The maximum atomic E-state index is 12.8. The summed E-state index contributed by atoms with van der Waals surface area (Å²) >= 11 is 0. The quantitative estimate of drug-likeness (QED) is 0.875. The fourth-order valence-corrected chi connectivity index (χ4v) is 3.01. The van der Waals surface area contributed by atoms with Crippen molar-refractivity contribution in [3.8, 4) is 0 Å². The normalized spacial score (nSPS) is 22.0. The molecule has 1 amide bonds. The number of fused-ring (bicyclic) bond motifs is 1. The molecule has 1 saturated heterocycles. The molecule has 6 heteroatoms. The van der Waals surface area contributed by atoms with Gasteiger partial charge in [-0.15, -0.1) is 0 Å². The summed E-state index contributed by atoms with van der Waals surface area (Å²) in [5.74, 6) is -0.226. The summed E-state index contributed by atoms with van der Waals surface area (Å²) in [7, 11) is 0. The first-order valence-corrected chi connectivity index (χ1v) is 7.52. The molecule has 2 aromatic rings. The molecule has 0 bridgehead atoms. The van der Waals surface area contributed by atoms with Gasteiger partial charge in [0.05, 0.1) is 11.2 Å². The first kappa shape index (κ1) is 14.7. The molecule has 0 spiro atoms. The summed E-state index contributed by atoms with van der Waals surface area (Å²) in [5, 5.41) is 11.1. The van der Waals surface area contributed by atoms with Crippen LogP contribution in [0.4, 0.5) is 0 Å². The second-order valence-electron chi connectivity index (χ2n) is 5.85. The lowest BCUT2D eigenvalue weighted by molar-refractivity contribution is -0.0269. The number of hydrogen-bond acceptors (Lipinski definition) is 4. The van der Waals surface area contributed by atoms with E-state index in [9.17, 15) is 14.7 Å². The van der Waals surface area contributed by atoms with Gasteiger partial charge < -0.3 is 15.0 Å². The van der Waals surface area contributed by atoms with Gasteiger partial charge in [0, 0.05) is 30.7 Å². The highest BCUT2D eigenvalue weighted by atomic mass is 16.3. The zero-order valence-corrected chi connectivity index (χ0v) is 12.5. The van der Waals surface area contributed by atoms with Crippen molar-refractivity contribution in [1.29, 1.82) is 0 Å². The molecule has 22 heavy (non-hydrogen) atoms. The van der Waals surface area contributed by atoms with Crippen molar-refractivity contribution >= 4 is 16.9 Å². The summed E-state index contributed by atoms with van der Waals surface area (Å²) in [5.41, 5.74) is -0.436. The monoisotopic (exact) mass is 301 g/mol. The lowest BCUT2D eigenvalue weighted by Crippen LogP contribution is -2.50. The van der Waals surface area contributed by atoms with Crippen LogP contribution in [0.1, 0.15) is 36.5 Å². The number of pyridine rings is 2. The van der Waals surface area contributed by atoms with Crippen LogP contribution in [0, 0.1) is 0 Å². The Balaban J connectivity index is 2.00. The van der Waals surface area contributed by atoms with E-state index in [0.29, 0.717) is 42.5 Å². The molecule has 1 fully saturated rings. The number of nitrogens with one attached hydrogen (secondary N) is 1. The van der Waals surface area contributed by atoms with Crippen LogP contribution >= 0.6 is 0 Å². The molecule has 1 aliphatic heterocycles. The number of amides is 1. The van der Waals surface area contributed by atoms with Crippen LogP contribution in [-0.4, -0.2) is 44.6 Å². The molecule has 1 unspecified atom stereocenters. The molecule has 3 heterocycles. The van der Waals surface area contributed by atoms with Gasteiger partial charge in [-0.1, -0.05) is 6.92 Å². The molecule has 0 saturated carbocycles. The standard InChI is InChI=1S/C16H19N3O3/c1-2-16(22)6-4-8-19(10-16)15(21)12-9-13(20)18-14-11(12)5-3-7-17-14/h3,5,7,9,22H,2,4,6,8,10H2,1H3,(H,17,18,20). The van der Waals surface area contributed by atoms with Crippen molar-refractivity contribution in [3.05, 3.63) is 40.3 Å². The number of H-pyrrole nitrogens is 1. The molecular weight excluding hydrogens is 282 g/mol. The maximum Gasteiger partial charge on any atom is 0.254 e. The highest BCUT2D eigenvalue weighted by molar-refractivity contribution is 6.05. The average Bonchev–Trinajstić information content (AvgIpc) is 2.53. The Bertz CT molecular complexity index is 771. The number of β-amino-alcohol motifs (C(OH)–C–C–N with tert-alkyl or cyclic N) is 1. The number of aromatic amines is 1. The van der Waals surface area contributed by atoms with E-state index in [1.54, 1.807) is 23.2 Å². The number of piperidine rings is 1. The van der Waals surface area contributed by atoms with E-state index < -0.39 is 5.60 Å². The first-order valence-electron chi connectivity index (χ1n) is 7.52. The van der Waals surface area contributed by atoms with Gasteiger partial charge in [0.2, 0.25) is 5.56 Å². The van der Waals surface area contributed by atoms with E-state index in [-0.39, 0.29) is 11.5 Å². The minimum absolute atomic E-state index is 0.226. The summed E-state index contributed by atoms with van der Waals surface area (Å²) in [6.45, 7) is 2.81.